The van der Waals surface area contributed by atoms with Gasteiger partial charge in [0.2, 0.25) is 0 Å². The molecule has 0 fully saturated rings. The van der Waals surface area contributed by atoms with Crippen molar-refractivity contribution in [1.29, 1.82) is 0 Å². The Morgan fingerprint density at radius 2 is 1.91 bits per heavy atom. The molecule has 9 heteroatoms. The normalized spacial score (nSPS) is 11.5. The molecule has 0 saturated carbocycles. The van der Waals surface area contributed by atoms with Crippen LogP contribution >= 0.6 is 23.2 Å². The van der Waals surface area contributed by atoms with Crippen molar-refractivity contribution in [3.63, 3.8) is 0 Å². The van der Waals surface area contributed by atoms with Gasteiger partial charge in [-0.3, -0.25) is 9.97 Å². The van der Waals surface area contributed by atoms with E-state index in [1.807, 2.05) is 45.0 Å². The Labute approximate surface area is 214 Å². The summed E-state index contributed by atoms with van der Waals surface area (Å²) in [5, 5.41) is 1.12. The molecule has 1 N–H and O–H groups in total. The highest BCUT2D eigenvalue weighted by atomic mass is 35.5. The number of pyridine rings is 2. The zero-order valence-corrected chi connectivity index (χ0v) is 21.4. The number of carbonyl (C=O) groups excluding carboxylic acids is 1. The van der Waals surface area contributed by atoms with Gasteiger partial charge in [-0.05, 0) is 57.2 Å². The zero-order valence-electron chi connectivity index (χ0n) is 19.9. The van der Waals surface area contributed by atoms with Crippen LogP contribution in [0.25, 0.3) is 33.4 Å². The fourth-order valence-electron chi connectivity index (χ4n) is 3.60. The number of hydrogen-bond donors (Lipinski definition) is 1. The van der Waals surface area contributed by atoms with Crippen molar-refractivity contribution in [2.75, 3.05) is 20.2 Å². The SMILES string of the molecule is CN(CCOc1cnccc1-c1[nH]c2cccnc2c1-c1cc(Cl)ccc1Cl)C(=O)OC(C)(C)C. The van der Waals surface area contributed by atoms with E-state index in [1.54, 1.807) is 37.8 Å². The van der Waals surface area contributed by atoms with Gasteiger partial charge in [0.15, 0.2) is 0 Å². The minimum atomic E-state index is -0.565. The van der Waals surface area contributed by atoms with Crippen LogP contribution in [0.3, 0.4) is 0 Å². The first-order valence-electron chi connectivity index (χ1n) is 11.1. The second-order valence-electron chi connectivity index (χ2n) is 9.02. The van der Waals surface area contributed by atoms with Crippen molar-refractivity contribution in [2.45, 2.75) is 26.4 Å². The maximum Gasteiger partial charge on any atom is 0.410 e. The number of benzene rings is 1. The van der Waals surface area contributed by atoms with E-state index in [2.05, 4.69) is 15.0 Å². The number of aromatic amines is 1. The van der Waals surface area contributed by atoms with Crippen molar-refractivity contribution in [3.05, 3.63) is 65.0 Å². The number of nitrogens with one attached hydrogen (secondary N) is 1. The number of rotatable bonds is 6. The maximum absolute atomic E-state index is 12.3. The van der Waals surface area contributed by atoms with Gasteiger partial charge >= 0.3 is 6.09 Å². The molecule has 0 atom stereocenters. The van der Waals surface area contributed by atoms with Crippen molar-refractivity contribution in [3.8, 4) is 28.1 Å². The lowest BCUT2D eigenvalue weighted by atomic mass is 10.0. The van der Waals surface area contributed by atoms with Crippen molar-refractivity contribution in [1.82, 2.24) is 19.9 Å². The fourth-order valence-corrected chi connectivity index (χ4v) is 3.98. The first-order valence-corrected chi connectivity index (χ1v) is 11.8. The van der Waals surface area contributed by atoms with E-state index in [-0.39, 0.29) is 6.61 Å². The van der Waals surface area contributed by atoms with Crippen molar-refractivity contribution >= 4 is 40.3 Å². The molecule has 3 aromatic heterocycles. The number of aromatic nitrogens is 3. The minimum Gasteiger partial charge on any atom is -0.489 e. The average Bonchev–Trinajstić information content (AvgIpc) is 3.19. The first kappa shape index (κ1) is 24.8. The first-order chi connectivity index (χ1) is 16.6. The monoisotopic (exact) mass is 512 g/mol. The molecule has 0 radical (unpaired) electrons. The lowest BCUT2D eigenvalue weighted by Crippen LogP contribution is -2.36. The summed E-state index contributed by atoms with van der Waals surface area (Å²) >= 11 is 12.9. The van der Waals surface area contributed by atoms with Gasteiger partial charge in [0.05, 0.1) is 29.5 Å². The average molecular weight is 513 g/mol. The molecule has 0 unspecified atom stereocenters. The third kappa shape index (κ3) is 5.69. The number of likely N-dealkylation sites (N-methyl/N-ethyl adjacent to an activating group) is 1. The van der Waals surface area contributed by atoms with E-state index < -0.39 is 11.7 Å². The van der Waals surface area contributed by atoms with E-state index in [0.29, 0.717) is 22.3 Å². The largest absolute Gasteiger partial charge is 0.489 e. The number of ether oxygens (including phenoxy) is 2. The molecular formula is C26H26Cl2N4O3. The van der Waals surface area contributed by atoms with Crippen LogP contribution < -0.4 is 4.74 Å². The predicted octanol–water partition coefficient (Wildman–Crippen LogP) is 6.84. The van der Waals surface area contributed by atoms with Crippen LogP contribution in [0.4, 0.5) is 4.79 Å². The molecule has 0 bridgehead atoms. The number of carbonyl (C=O) groups is 1. The van der Waals surface area contributed by atoms with Gasteiger partial charge in [-0.2, -0.15) is 0 Å². The topological polar surface area (TPSA) is 80.3 Å². The summed E-state index contributed by atoms with van der Waals surface area (Å²) in [6, 6.07) is 11.0. The Hall–Kier alpha value is -3.29. The minimum absolute atomic E-state index is 0.250. The summed E-state index contributed by atoms with van der Waals surface area (Å²) < 4.78 is 11.5. The molecule has 0 saturated heterocycles. The Morgan fingerprint density at radius 3 is 2.69 bits per heavy atom. The highest BCUT2D eigenvalue weighted by molar-refractivity contribution is 6.36. The molecule has 0 aliphatic rings. The molecule has 1 amide bonds. The van der Waals surface area contributed by atoms with Gasteiger partial charge in [0.1, 0.15) is 18.0 Å². The van der Waals surface area contributed by atoms with Gasteiger partial charge in [0, 0.05) is 46.2 Å². The van der Waals surface area contributed by atoms with Crippen LogP contribution in [-0.4, -0.2) is 51.7 Å². The van der Waals surface area contributed by atoms with Gasteiger partial charge in [0.25, 0.3) is 0 Å². The van der Waals surface area contributed by atoms with Crippen molar-refractivity contribution < 1.29 is 14.3 Å². The number of hydrogen-bond acceptors (Lipinski definition) is 5. The molecule has 4 aromatic rings. The van der Waals surface area contributed by atoms with E-state index >= 15 is 0 Å². The van der Waals surface area contributed by atoms with Crippen LogP contribution in [0.15, 0.2) is 55.0 Å². The molecule has 3 heterocycles. The molecule has 0 spiro atoms. The van der Waals surface area contributed by atoms with Crippen LogP contribution in [0.1, 0.15) is 20.8 Å². The number of fused-ring (bicyclic) bond motifs is 1. The van der Waals surface area contributed by atoms with E-state index in [9.17, 15) is 4.79 Å². The Morgan fingerprint density at radius 1 is 1.11 bits per heavy atom. The maximum atomic E-state index is 12.3. The third-order valence-corrected chi connectivity index (χ3v) is 5.76. The molecule has 1 aromatic carbocycles. The zero-order chi connectivity index (χ0) is 25.2. The third-order valence-electron chi connectivity index (χ3n) is 5.20. The second kappa shape index (κ2) is 10.1. The summed E-state index contributed by atoms with van der Waals surface area (Å²) in [6.45, 7) is 6.08. The quantitative estimate of drug-likeness (QED) is 0.305. The van der Waals surface area contributed by atoms with Gasteiger partial charge in [-0.1, -0.05) is 23.2 Å². The summed E-state index contributed by atoms with van der Waals surface area (Å²) in [4.78, 5) is 26.0. The number of amides is 1. The number of nitrogens with zero attached hydrogens (tertiary/aromatic N) is 3. The standard InChI is InChI=1S/C26H26Cl2N4O3/c1-26(2,3)35-25(33)32(4)12-13-34-21-15-29-11-9-17(21)23-22(18-14-16(27)7-8-19(18)28)24-20(31-23)6-5-10-30-24/h5-11,14-15,31H,12-13H2,1-4H3. The van der Waals surface area contributed by atoms with Crippen LogP contribution in [-0.2, 0) is 4.74 Å². The smallest absolute Gasteiger partial charge is 0.410 e. The fraction of sp³-hybridized carbons (Fsp3) is 0.269. The molecule has 4 rings (SSSR count). The molecule has 0 aliphatic heterocycles. The van der Waals surface area contributed by atoms with Crippen LogP contribution in [0, 0.1) is 0 Å². The predicted molar refractivity (Wildman–Crippen MR) is 139 cm³/mol. The Balaban J connectivity index is 1.67. The molecule has 7 nitrogen and oxygen atoms in total. The summed E-state index contributed by atoms with van der Waals surface area (Å²) in [7, 11) is 1.67. The van der Waals surface area contributed by atoms with Crippen molar-refractivity contribution in [2.24, 2.45) is 0 Å². The van der Waals surface area contributed by atoms with Gasteiger partial charge in [-0.25, -0.2) is 4.79 Å². The Bertz CT molecular complexity index is 1360. The van der Waals surface area contributed by atoms with E-state index in [0.717, 1.165) is 33.4 Å². The highest BCUT2D eigenvalue weighted by Gasteiger charge is 2.22. The molecular weight excluding hydrogens is 487 g/mol. The van der Waals surface area contributed by atoms with E-state index in [4.69, 9.17) is 32.7 Å². The van der Waals surface area contributed by atoms with E-state index in [1.165, 1.54) is 4.90 Å². The van der Waals surface area contributed by atoms with Gasteiger partial charge in [-0.15, -0.1) is 0 Å². The van der Waals surface area contributed by atoms with Gasteiger partial charge < -0.3 is 19.4 Å². The Kier molecular flexibility index (Phi) is 7.19. The molecule has 182 valence electrons. The van der Waals surface area contributed by atoms with Crippen LogP contribution in [0.2, 0.25) is 10.0 Å². The molecule has 35 heavy (non-hydrogen) atoms. The second-order valence-corrected chi connectivity index (χ2v) is 9.86. The lowest BCUT2D eigenvalue weighted by Gasteiger charge is -2.24. The summed E-state index contributed by atoms with van der Waals surface area (Å²) in [6.07, 6.45) is 4.66. The van der Waals surface area contributed by atoms with Crippen LogP contribution in [0.5, 0.6) is 5.75 Å². The summed E-state index contributed by atoms with van der Waals surface area (Å²) in [5.74, 6) is 0.552. The number of halogens is 2. The summed E-state index contributed by atoms with van der Waals surface area (Å²) in [5.41, 5.74) is 4.18. The highest BCUT2D eigenvalue weighted by Crippen LogP contribution is 2.43. The lowest BCUT2D eigenvalue weighted by molar-refractivity contribution is 0.0278. The number of H-pyrrole nitrogens is 1. The molecule has 0 aliphatic carbocycles.